The number of hydrogen-bond acceptors (Lipinski definition) is 5. The second kappa shape index (κ2) is 9.02. The van der Waals surface area contributed by atoms with Crippen molar-refractivity contribution in [2.24, 2.45) is 0 Å². The number of hydrogen-bond donors (Lipinski definition) is 1. The first-order valence-corrected chi connectivity index (χ1v) is 10.7. The molecule has 4 rings (SSSR count). The average Bonchev–Trinajstić information content (AvgIpc) is 3.26. The fraction of sp³-hybridized carbons (Fsp3) is 0.409. The van der Waals surface area contributed by atoms with Crippen molar-refractivity contribution >= 4 is 17.3 Å². The van der Waals surface area contributed by atoms with Crippen LogP contribution in [0.3, 0.4) is 0 Å². The maximum absolute atomic E-state index is 6.15. The number of aromatic nitrogens is 4. The summed E-state index contributed by atoms with van der Waals surface area (Å²) in [6.07, 6.45) is 0. The van der Waals surface area contributed by atoms with E-state index in [1.807, 2.05) is 28.9 Å². The van der Waals surface area contributed by atoms with Crippen LogP contribution in [0.2, 0.25) is 5.02 Å². The minimum atomic E-state index is 0.0673. The van der Waals surface area contributed by atoms with Gasteiger partial charge < -0.3 is 14.5 Å². The van der Waals surface area contributed by atoms with E-state index in [2.05, 4.69) is 58.5 Å². The van der Waals surface area contributed by atoms with Crippen molar-refractivity contribution in [3.63, 3.8) is 0 Å². The highest BCUT2D eigenvalue weighted by Gasteiger charge is 2.34. The fourth-order valence-corrected chi connectivity index (χ4v) is 4.24. The molecule has 1 aliphatic rings. The van der Waals surface area contributed by atoms with Crippen molar-refractivity contribution in [3.05, 3.63) is 64.9 Å². The first kappa shape index (κ1) is 20.6. The number of nitrogens with zero attached hydrogens (tertiary/aromatic N) is 5. The molecule has 7 nitrogen and oxygen atoms in total. The number of piperazine rings is 1. The van der Waals surface area contributed by atoms with Gasteiger partial charge in [-0.15, -0.1) is 5.10 Å². The Kier molecular flexibility index (Phi) is 6.20. The molecule has 1 aliphatic heterocycles. The van der Waals surface area contributed by atoms with Gasteiger partial charge in [-0.1, -0.05) is 23.7 Å². The monoisotopic (exact) mass is 427 g/mol. The van der Waals surface area contributed by atoms with Crippen LogP contribution in [0, 0.1) is 0 Å². The number of methoxy groups -OCH3 is 1. The van der Waals surface area contributed by atoms with E-state index in [9.17, 15) is 0 Å². The number of quaternary nitrogens is 1. The average molecular weight is 428 g/mol. The van der Waals surface area contributed by atoms with Crippen LogP contribution < -0.4 is 14.5 Å². The summed E-state index contributed by atoms with van der Waals surface area (Å²) in [6, 6.07) is 16.6. The topological polar surface area (TPSA) is 60.5 Å². The minimum Gasteiger partial charge on any atom is -0.497 e. The van der Waals surface area contributed by atoms with Gasteiger partial charge in [0.05, 0.1) is 39.3 Å². The highest BCUT2D eigenvalue weighted by Crippen LogP contribution is 2.23. The lowest BCUT2D eigenvalue weighted by Gasteiger charge is -2.37. The molecule has 1 saturated heterocycles. The van der Waals surface area contributed by atoms with Gasteiger partial charge in [0, 0.05) is 16.3 Å². The normalized spacial score (nSPS) is 16.1. The number of ether oxygens (including phenoxy) is 1. The van der Waals surface area contributed by atoms with Crippen molar-refractivity contribution in [2.75, 3.05) is 38.2 Å². The zero-order valence-electron chi connectivity index (χ0n) is 17.6. The van der Waals surface area contributed by atoms with E-state index in [4.69, 9.17) is 16.3 Å². The van der Waals surface area contributed by atoms with Gasteiger partial charge in [0.1, 0.15) is 5.75 Å². The molecule has 0 aliphatic carbocycles. The van der Waals surface area contributed by atoms with Crippen LogP contribution in [-0.4, -0.2) is 53.5 Å². The molecule has 2 heterocycles. The van der Waals surface area contributed by atoms with Gasteiger partial charge in [-0.3, -0.25) is 0 Å². The smallest absolute Gasteiger partial charge is 0.214 e. The molecule has 1 aromatic heterocycles. The zero-order valence-corrected chi connectivity index (χ0v) is 18.4. The van der Waals surface area contributed by atoms with Crippen molar-refractivity contribution in [2.45, 2.75) is 25.9 Å². The lowest BCUT2D eigenvalue weighted by atomic mass is 10.0. The maximum Gasteiger partial charge on any atom is 0.214 e. The molecular weight excluding hydrogens is 400 g/mol. The Morgan fingerprint density at radius 1 is 1.00 bits per heavy atom. The number of halogens is 1. The van der Waals surface area contributed by atoms with Crippen molar-refractivity contribution in [1.82, 2.24) is 20.2 Å². The van der Waals surface area contributed by atoms with E-state index in [1.165, 1.54) is 16.2 Å². The van der Waals surface area contributed by atoms with Gasteiger partial charge in [-0.25, -0.2) is 4.68 Å². The van der Waals surface area contributed by atoms with Crippen molar-refractivity contribution < 1.29 is 9.64 Å². The Morgan fingerprint density at radius 3 is 2.27 bits per heavy atom. The van der Waals surface area contributed by atoms with Crippen LogP contribution in [0.4, 0.5) is 5.69 Å². The molecule has 0 unspecified atom stereocenters. The summed E-state index contributed by atoms with van der Waals surface area (Å²) >= 11 is 6.15. The van der Waals surface area contributed by atoms with E-state index in [1.54, 1.807) is 7.11 Å². The molecule has 30 heavy (non-hydrogen) atoms. The third-order valence-corrected chi connectivity index (χ3v) is 5.97. The first-order chi connectivity index (χ1) is 14.6. The van der Waals surface area contributed by atoms with Gasteiger partial charge in [0.25, 0.3) is 0 Å². The maximum atomic E-state index is 6.15. The van der Waals surface area contributed by atoms with Crippen molar-refractivity contribution in [3.8, 4) is 5.75 Å². The summed E-state index contributed by atoms with van der Waals surface area (Å²) in [5.74, 6) is 1.78. The highest BCUT2D eigenvalue weighted by molar-refractivity contribution is 6.30. The fourth-order valence-electron chi connectivity index (χ4n) is 4.11. The second-order valence-electron chi connectivity index (χ2n) is 7.90. The Hall–Kier alpha value is -2.64. The van der Waals surface area contributed by atoms with Gasteiger partial charge in [-0.2, -0.15) is 0 Å². The van der Waals surface area contributed by atoms with Gasteiger partial charge in [0.2, 0.25) is 5.82 Å². The Labute approximate surface area is 182 Å². The van der Waals surface area contributed by atoms with Crippen LogP contribution >= 0.6 is 11.6 Å². The molecule has 8 heteroatoms. The third kappa shape index (κ3) is 4.27. The lowest BCUT2D eigenvalue weighted by Crippen LogP contribution is -3.15. The molecule has 158 valence electrons. The lowest BCUT2D eigenvalue weighted by molar-refractivity contribution is -0.927. The van der Waals surface area contributed by atoms with E-state index in [0.717, 1.165) is 42.8 Å². The number of nitrogens with one attached hydrogen (secondary N) is 1. The van der Waals surface area contributed by atoms with E-state index in [0.29, 0.717) is 0 Å². The predicted octanol–water partition coefficient (Wildman–Crippen LogP) is 2.41. The molecular formula is C22H28ClN6O+. The molecule has 1 fully saturated rings. The van der Waals surface area contributed by atoms with Crippen LogP contribution in [-0.2, 0) is 0 Å². The summed E-state index contributed by atoms with van der Waals surface area (Å²) < 4.78 is 7.21. The molecule has 1 atom stereocenters. The number of tetrazole rings is 1. The zero-order chi connectivity index (χ0) is 21.1. The number of rotatable bonds is 6. The quantitative estimate of drug-likeness (QED) is 0.654. The standard InChI is InChI=1S/C22H27ClN6O/c1-16(2)29-22(24-25-26-29)21(17-4-6-18(23)7-5-17)28-14-12-27(13-15-28)19-8-10-20(30-3)11-9-19/h4-11,16,21H,12-15H2,1-3H3/p+1/t21-/m1/s1. The summed E-state index contributed by atoms with van der Waals surface area (Å²) in [5.41, 5.74) is 2.41. The van der Waals surface area contributed by atoms with Gasteiger partial charge >= 0.3 is 0 Å². The van der Waals surface area contributed by atoms with Gasteiger partial charge in [-0.05, 0) is 60.7 Å². The molecule has 0 saturated carbocycles. The third-order valence-electron chi connectivity index (χ3n) is 5.72. The predicted molar refractivity (Wildman–Crippen MR) is 117 cm³/mol. The van der Waals surface area contributed by atoms with E-state index < -0.39 is 0 Å². The summed E-state index contributed by atoms with van der Waals surface area (Å²) in [6.45, 7) is 8.13. The van der Waals surface area contributed by atoms with Crippen LogP contribution in [0.1, 0.15) is 37.3 Å². The van der Waals surface area contributed by atoms with Gasteiger partial charge in [0.15, 0.2) is 6.04 Å². The summed E-state index contributed by atoms with van der Waals surface area (Å²) in [5, 5.41) is 13.4. The largest absolute Gasteiger partial charge is 0.497 e. The molecule has 0 bridgehead atoms. The number of anilines is 1. The first-order valence-electron chi connectivity index (χ1n) is 10.3. The molecule has 0 amide bonds. The molecule has 3 aromatic rings. The minimum absolute atomic E-state index is 0.0673. The Bertz CT molecular complexity index is 949. The van der Waals surface area contributed by atoms with Crippen LogP contribution in [0.25, 0.3) is 0 Å². The molecule has 0 radical (unpaired) electrons. The molecule has 2 aromatic carbocycles. The number of benzene rings is 2. The van der Waals surface area contributed by atoms with E-state index >= 15 is 0 Å². The molecule has 0 spiro atoms. The van der Waals surface area contributed by atoms with Crippen LogP contribution in [0.15, 0.2) is 48.5 Å². The van der Waals surface area contributed by atoms with Crippen LogP contribution in [0.5, 0.6) is 5.75 Å². The van der Waals surface area contributed by atoms with Crippen molar-refractivity contribution in [1.29, 1.82) is 0 Å². The Morgan fingerprint density at radius 2 is 1.67 bits per heavy atom. The second-order valence-corrected chi connectivity index (χ2v) is 8.34. The summed E-state index contributed by atoms with van der Waals surface area (Å²) in [7, 11) is 1.69. The van der Waals surface area contributed by atoms with E-state index in [-0.39, 0.29) is 12.1 Å². The SMILES string of the molecule is COc1ccc(N2CC[NH+]([C@H](c3ccc(Cl)cc3)c3nnnn3C(C)C)CC2)cc1. The summed E-state index contributed by atoms with van der Waals surface area (Å²) in [4.78, 5) is 3.88. The Balaban J connectivity index is 1.57. The highest BCUT2D eigenvalue weighted by atomic mass is 35.5. The molecule has 1 N–H and O–H groups in total.